The molecule has 0 radical (unpaired) electrons. The third-order valence-corrected chi connectivity index (χ3v) is 5.17. The van der Waals surface area contributed by atoms with E-state index in [1.165, 1.54) is 31.7 Å². The Bertz CT molecular complexity index is 472. The fourth-order valence-electron chi connectivity index (χ4n) is 3.33. The number of rotatable bonds is 5. The van der Waals surface area contributed by atoms with Gasteiger partial charge in [0.05, 0.1) is 11.6 Å². The summed E-state index contributed by atoms with van der Waals surface area (Å²) in [6, 6.07) is 3.59. The van der Waals surface area contributed by atoms with Gasteiger partial charge in [0.1, 0.15) is 11.6 Å². The first-order valence-corrected chi connectivity index (χ1v) is 8.62. The van der Waals surface area contributed by atoms with E-state index < -0.39 is 0 Å². The molecule has 1 N–H and O–H groups in total. The van der Waals surface area contributed by atoms with Crippen molar-refractivity contribution in [3.8, 4) is 5.75 Å². The highest BCUT2D eigenvalue weighted by Crippen LogP contribution is 2.40. The maximum absolute atomic E-state index is 13.7. The van der Waals surface area contributed by atoms with Crippen LogP contribution >= 0.6 is 15.9 Å². The van der Waals surface area contributed by atoms with Gasteiger partial charge in [-0.25, -0.2) is 4.39 Å². The SMILES string of the molecule is CCNC(c1cc(Br)c(F)cc1OC)C1CCC(C)CC1. The number of hydrogen-bond acceptors (Lipinski definition) is 2. The summed E-state index contributed by atoms with van der Waals surface area (Å²) in [5, 5.41) is 3.58. The van der Waals surface area contributed by atoms with Crippen molar-refractivity contribution >= 4 is 15.9 Å². The fourth-order valence-corrected chi connectivity index (χ4v) is 3.69. The first-order chi connectivity index (χ1) is 10.1. The first-order valence-electron chi connectivity index (χ1n) is 7.83. The number of methoxy groups -OCH3 is 1. The molecule has 1 unspecified atom stereocenters. The van der Waals surface area contributed by atoms with Gasteiger partial charge in [-0.3, -0.25) is 0 Å². The third kappa shape index (κ3) is 3.98. The molecule has 0 bridgehead atoms. The highest BCUT2D eigenvalue weighted by atomic mass is 79.9. The van der Waals surface area contributed by atoms with E-state index in [9.17, 15) is 4.39 Å². The van der Waals surface area contributed by atoms with Gasteiger partial charge < -0.3 is 10.1 Å². The molecule has 0 amide bonds. The molecule has 0 saturated heterocycles. The number of halogens is 2. The molecule has 0 aliphatic heterocycles. The van der Waals surface area contributed by atoms with Crippen molar-refractivity contribution in [3.05, 3.63) is 28.0 Å². The number of ether oxygens (including phenoxy) is 1. The fraction of sp³-hybridized carbons (Fsp3) is 0.647. The lowest BCUT2D eigenvalue weighted by molar-refractivity contribution is 0.229. The van der Waals surface area contributed by atoms with E-state index in [2.05, 4.69) is 35.1 Å². The lowest BCUT2D eigenvalue weighted by atomic mass is 9.77. The van der Waals surface area contributed by atoms with Crippen LogP contribution in [0.1, 0.15) is 51.1 Å². The van der Waals surface area contributed by atoms with E-state index in [0.717, 1.165) is 18.0 Å². The summed E-state index contributed by atoms with van der Waals surface area (Å²) in [4.78, 5) is 0. The standard InChI is InChI=1S/C17H25BrFNO/c1-4-20-17(12-7-5-11(2)6-8-12)13-9-14(18)15(19)10-16(13)21-3/h9-12,17,20H,4-8H2,1-3H3. The quantitative estimate of drug-likeness (QED) is 0.793. The molecule has 1 aromatic carbocycles. The van der Waals surface area contributed by atoms with Crippen molar-refractivity contribution in [1.82, 2.24) is 5.32 Å². The lowest BCUT2D eigenvalue weighted by Crippen LogP contribution is -2.31. The Hall–Kier alpha value is -0.610. The minimum absolute atomic E-state index is 0.231. The molecule has 1 atom stereocenters. The van der Waals surface area contributed by atoms with Crippen molar-refractivity contribution < 1.29 is 9.13 Å². The zero-order valence-electron chi connectivity index (χ0n) is 13.1. The summed E-state index contributed by atoms with van der Waals surface area (Å²) >= 11 is 3.30. The van der Waals surface area contributed by atoms with Crippen molar-refractivity contribution in [2.45, 2.75) is 45.6 Å². The second-order valence-corrected chi connectivity index (χ2v) is 6.92. The predicted molar refractivity (Wildman–Crippen MR) is 88.2 cm³/mol. The zero-order chi connectivity index (χ0) is 15.4. The third-order valence-electron chi connectivity index (χ3n) is 4.56. The number of hydrogen-bond donors (Lipinski definition) is 1. The molecule has 1 fully saturated rings. The van der Waals surface area contributed by atoms with Gasteiger partial charge in [0.25, 0.3) is 0 Å². The summed E-state index contributed by atoms with van der Waals surface area (Å²) < 4.78 is 19.7. The minimum atomic E-state index is -0.275. The van der Waals surface area contributed by atoms with Crippen molar-refractivity contribution in [2.75, 3.05) is 13.7 Å². The Morgan fingerprint density at radius 1 is 1.33 bits per heavy atom. The molecule has 2 rings (SSSR count). The van der Waals surface area contributed by atoms with E-state index in [4.69, 9.17) is 4.74 Å². The molecular weight excluding hydrogens is 333 g/mol. The largest absolute Gasteiger partial charge is 0.496 e. The topological polar surface area (TPSA) is 21.3 Å². The summed E-state index contributed by atoms with van der Waals surface area (Å²) in [5.74, 6) is 1.78. The summed E-state index contributed by atoms with van der Waals surface area (Å²) in [6.07, 6.45) is 4.99. The second-order valence-electron chi connectivity index (χ2n) is 6.06. The molecule has 4 heteroatoms. The van der Waals surface area contributed by atoms with Crippen molar-refractivity contribution in [2.24, 2.45) is 11.8 Å². The van der Waals surface area contributed by atoms with E-state index in [0.29, 0.717) is 16.1 Å². The van der Waals surface area contributed by atoms with Gasteiger partial charge in [-0.2, -0.15) is 0 Å². The molecule has 21 heavy (non-hydrogen) atoms. The summed E-state index contributed by atoms with van der Waals surface area (Å²) in [6.45, 7) is 5.34. The van der Waals surface area contributed by atoms with Gasteiger partial charge in [-0.1, -0.05) is 26.7 Å². The molecule has 1 aromatic rings. The first kappa shape index (κ1) is 16.8. The minimum Gasteiger partial charge on any atom is -0.496 e. The van der Waals surface area contributed by atoms with Crippen LogP contribution in [0.4, 0.5) is 4.39 Å². The van der Waals surface area contributed by atoms with Crippen molar-refractivity contribution in [1.29, 1.82) is 0 Å². The number of nitrogens with one attached hydrogen (secondary N) is 1. The van der Waals surface area contributed by atoms with Gasteiger partial charge >= 0.3 is 0 Å². The van der Waals surface area contributed by atoms with Gasteiger partial charge in [0.2, 0.25) is 0 Å². The zero-order valence-corrected chi connectivity index (χ0v) is 14.7. The Morgan fingerprint density at radius 3 is 2.57 bits per heavy atom. The van der Waals surface area contributed by atoms with Crippen LogP contribution in [0.25, 0.3) is 0 Å². The molecule has 118 valence electrons. The van der Waals surface area contributed by atoms with Crippen LogP contribution in [0.5, 0.6) is 5.75 Å². The van der Waals surface area contributed by atoms with Crippen LogP contribution in [-0.4, -0.2) is 13.7 Å². The van der Waals surface area contributed by atoms with Crippen LogP contribution in [-0.2, 0) is 0 Å². The maximum atomic E-state index is 13.7. The average Bonchev–Trinajstić information content (AvgIpc) is 2.48. The normalized spacial score (nSPS) is 23.9. The van der Waals surface area contributed by atoms with Crippen molar-refractivity contribution in [3.63, 3.8) is 0 Å². The van der Waals surface area contributed by atoms with E-state index in [1.807, 2.05) is 6.07 Å². The highest BCUT2D eigenvalue weighted by molar-refractivity contribution is 9.10. The van der Waals surface area contributed by atoms with E-state index in [1.54, 1.807) is 7.11 Å². The molecule has 0 spiro atoms. The summed E-state index contributed by atoms with van der Waals surface area (Å²) in [5.41, 5.74) is 1.06. The van der Waals surface area contributed by atoms with E-state index >= 15 is 0 Å². The van der Waals surface area contributed by atoms with Crippen LogP contribution in [0.3, 0.4) is 0 Å². The van der Waals surface area contributed by atoms with Crippen LogP contribution in [0.15, 0.2) is 16.6 Å². The Balaban J connectivity index is 2.31. The lowest BCUT2D eigenvalue weighted by Gasteiger charge is -2.34. The second kappa shape index (κ2) is 7.59. The Morgan fingerprint density at radius 2 is 2.00 bits per heavy atom. The molecule has 1 aliphatic carbocycles. The molecule has 0 heterocycles. The predicted octanol–water partition coefficient (Wildman–Crippen LogP) is 5.07. The van der Waals surface area contributed by atoms with Gasteiger partial charge in [0, 0.05) is 17.7 Å². The van der Waals surface area contributed by atoms with Gasteiger partial charge in [0.15, 0.2) is 0 Å². The monoisotopic (exact) mass is 357 g/mol. The van der Waals surface area contributed by atoms with Crippen LogP contribution in [0.2, 0.25) is 0 Å². The van der Waals surface area contributed by atoms with Crippen LogP contribution in [0, 0.1) is 17.7 Å². The molecular formula is C17H25BrFNO. The molecule has 1 aliphatic rings. The number of benzene rings is 1. The van der Waals surface area contributed by atoms with Gasteiger partial charge in [-0.05, 0) is 53.2 Å². The Labute approximate surface area is 135 Å². The van der Waals surface area contributed by atoms with E-state index in [-0.39, 0.29) is 11.9 Å². The summed E-state index contributed by atoms with van der Waals surface area (Å²) in [7, 11) is 1.61. The van der Waals surface area contributed by atoms with Gasteiger partial charge in [-0.15, -0.1) is 0 Å². The van der Waals surface area contributed by atoms with Crippen LogP contribution < -0.4 is 10.1 Å². The highest BCUT2D eigenvalue weighted by Gasteiger charge is 2.29. The maximum Gasteiger partial charge on any atom is 0.141 e. The Kier molecular flexibility index (Phi) is 6.06. The molecule has 2 nitrogen and oxygen atoms in total. The average molecular weight is 358 g/mol. The smallest absolute Gasteiger partial charge is 0.141 e. The molecule has 1 saturated carbocycles. The molecule has 0 aromatic heterocycles.